The van der Waals surface area contributed by atoms with Crippen LogP contribution in [0.2, 0.25) is 0 Å². The van der Waals surface area contributed by atoms with Crippen molar-refractivity contribution in [1.29, 1.82) is 0 Å². The molecule has 0 bridgehead atoms. The average molecular weight is 321 g/mol. The molecule has 0 amide bonds. The molecule has 0 N–H and O–H groups in total. The van der Waals surface area contributed by atoms with E-state index in [1.54, 1.807) is 11.3 Å². The minimum atomic E-state index is -0.440. The molecular formula is C19H15NO2S. The van der Waals surface area contributed by atoms with Gasteiger partial charge in [-0.2, -0.15) is 0 Å². The number of terminal acetylenes is 1. The van der Waals surface area contributed by atoms with Crippen molar-refractivity contribution >= 4 is 43.2 Å². The first-order valence-corrected chi connectivity index (χ1v) is 8.10. The van der Waals surface area contributed by atoms with E-state index in [4.69, 9.17) is 11.3 Å². The Kier molecular flexibility index (Phi) is 4.40. The van der Waals surface area contributed by atoms with Crippen molar-refractivity contribution in [3.63, 3.8) is 0 Å². The van der Waals surface area contributed by atoms with Crippen LogP contribution in [0.25, 0.3) is 20.2 Å². The molecule has 3 nitrogen and oxygen atoms in total. The lowest BCUT2D eigenvalue weighted by Crippen LogP contribution is -2.04. The summed E-state index contributed by atoms with van der Waals surface area (Å²) >= 11 is 1.76. The first-order chi connectivity index (χ1) is 11.2. The molecule has 0 fully saturated rings. The summed E-state index contributed by atoms with van der Waals surface area (Å²) in [5.41, 5.74) is 1.62. The fourth-order valence-corrected chi connectivity index (χ4v) is 3.54. The molecular weight excluding hydrogens is 306 g/mol. The maximum absolute atomic E-state index is 11.0. The number of nitrogens with zero attached hydrogens (tertiary/aromatic N) is 1. The van der Waals surface area contributed by atoms with Gasteiger partial charge in [0.05, 0.1) is 5.71 Å². The van der Waals surface area contributed by atoms with Gasteiger partial charge in [0.2, 0.25) is 0 Å². The molecule has 0 unspecified atom stereocenters. The third kappa shape index (κ3) is 3.25. The van der Waals surface area contributed by atoms with Crippen molar-refractivity contribution < 1.29 is 9.63 Å². The first-order valence-electron chi connectivity index (χ1n) is 7.28. The van der Waals surface area contributed by atoms with Crippen LogP contribution in [0.1, 0.15) is 25.3 Å². The third-order valence-electron chi connectivity index (χ3n) is 3.50. The highest BCUT2D eigenvalue weighted by Gasteiger charge is 2.10. The summed E-state index contributed by atoms with van der Waals surface area (Å²) in [7, 11) is 0. The Balaban J connectivity index is 2.08. The molecule has 0 aliphatic heterocycles. The lowest BCUT2D eigenvalue weighted by atomic mass is 10.0. The molecule has 0 spiro atoms. The number of rotatable bonds is 4. The molecule has 0 aliphatic carbocycles. The molecule has 0 saturated heterocycles. The van der Waals surface area contributed by atoms with Gasteiger partial charge in [0.25, 0.3) is 0 Å². The van der Waals surface area contributed by atoms with Crippen LogP contribution in [0.15, 0.2) is 47.6 Å². The van der Waals surface area contributed by atoms with Crippen LogP contribution in [0, 0.1) is 12.3 Å². The van der Waals surface area contributed by atoms with E-state index < -0.39 is 5.97 Å². The van der Waals surface area contributed by atoms with Gasteiger partial charge in [0.15, 0.2) is 0 Å². The van der Waals surface area contributed by atoms with E-state index in [-0.39, 0.29) is 0 Å². The van der Waals surface area contributed by atoms with Crippen LogP contribution in [0.5, 0.6) is 0 Å². The second kappa shape index (κ2) is 6.64. The van der Waals surface area contributed by atoms with Gasteiger partial charge in [-0.15, -0.1) is 23.7 Å². The number of carbonyl (C=O) groups excluding carboxylic acids is 1. The Hall–Kier alpha value is -2.64. The molecule has 1 heterocycles. The molecule has 114 valence electrons. The summed E-state index contributed by atoms with van der Waals surface area (Å²) in [6.07, 6.45) is 6.46. The molecule has 0 saturated carbocycles. The standard InChI is InChI=1S/C19H15NO2S/c1-3-4-8-17(20-22-13(2)21)14-10-11-19-16(12-14)15-7-5-6-9-18(15)23-19/h1,5-7,9-12H,4,8H2,2H3/b20-17+. The van der Waals surface area contributed by atoms with Crippen LogP contribution in [0.4, 0.5) is 0 Å². The van der Waals surface area contributed by atoms with Gasteiger partial charge in [-0.1, -0.05) is 29.4 Å². The quantitative estimate of drug-likeness (QED) is 0.301. The van der Waals surface area contributed by atoms with E-state index in [1.807, 2.05) is 18.2 Å². The van der Waals surface area contributed by atoms with E-state index in [2.05, 4.69) is 35.3 Å². The molecule has 0 atom stereocenters. The zero-order valence-electron chi connectivity index (χ0n) is 12.7. The zero-order valence-corrected chi connectivity index (χ0v) is 13.5. The van der Waals surface area contributed by atoms with E-state index in [9.17, 15) is 4.79 Å². The van der Waals surface area contributed by atoms with E-state index in [0.29, 0.717) is 18.6 Å². The molecule has 3 aromatic rings. The molecule has 3 rings (SSSR count). The van der Waals surface area contributed by atoms with Crippen LogP contribution in [-0.2, 0) is 9.63 Å². The minimum absolute atomic E-state index is 0.440. The number of benzene rings is 2. The van der Waals surface area contributed by atoms with Crippen molar-refractivity contribution in [2.75, 3.05) is 0 Å². The lowest BCUT2D eigenvalue weighted by molar-refractivity contribution is -0.140. The Morgan fingerprint density at radius 2 is 2.00 bits per heavy atom. The van der Waals surface area contributed by atoms with E-state index in [1.165, 1.54) is 27.1 Å². The summed E-state index contributed by atoms with van der Waals surface area (Å²) in [6.45, 7) is 1.33. The van der Waals surface area contributed by atoms with E-state index in [0.717, 1.165) is 5.56 Å². The van der Waals surface area contributed by atoms with Gasteiger partial charge in [-0.3, -0.25) is 0 Å². The molecule has 23 heavy (non-hydrogen) atoms. The highest BCUT2D eigenvalue weighted by atomic mass is 32.1. The highest BCUT2D eigenvalue weighted by Crippen LogP contribution is 2.34. The Labute approximate surface area is 138 Å². The van der Waals surface area contributed by atoms with Crippen LogP contribution < -0.4 is 0 Å². The molecule has 4 heteroatoms. The smallest absolute Gasteiger partial charge is 0.318 e. The van der Waals surface area contributed by atoms with E-state index >= 15 is 0 Å². The number of oxime groups is 1. The topological polar surface area (TPSA) is 38.7 Å². The minimum Gasteiger partial charge on any atom is -0.318 e. The van der Waals surface area contributed by atoms with Gasteiger partial charge in [-0.25, -0.2) is 4.79 Å². The third-order valence-corrected chi connectivity index (χ3v) is 4.65. The highest BCUT2D eigenvalue weighted by molar-refractivity contribution is 7.25. The maximum Gasteiger partial charge on any atom is 0.331 e. The van der Waals surface area contributed by atoms with Gasteiger partial charge in [-0.05, 0) is 18.2 Å². The fourth-order valence-electron chi connectivity index (χ4n) is 2.46. The molecule has 0 radical (unpaired) electrons. The second-order valence-corrected chi connectivity index (χ2v) is 6.22. The Morgan fingerprint density at radius 1 is 1.22 bits per heavy atom. The monoisotopic (exact) mass is 321 g/mol. The SMILES string of the molecule is C#CCC/C(=N\OC(C)=O)c1ccc2sc3ccccc3c2c1. The van der Waals surface area contributed by atoms with Crippen molar-refractivity contribution in [2.45, 2.75) is 19.8 Å². The molecule has 1 aromatic heterocycles. The first kappa shape index (κ1) is 15.3. The average Bonchev–Trinajstić information content (AvgIpc) is 2.92. The number of hydrogen-bond donors (Lipinski definition) is 0. The van der Waals surface area contributed by atoms with Crippen molar-refractivity contribution in [3.05, 3.63) is 48.0 Å². The Morgan fingerprint density at radius 3 is 2.78 bits per heavy atom. The maximum atomic E-state index is 11.0. The predicted octanol–water partition coefficient (Wildman–Crippen LogP) is 4.74. The summed E-state index contributed by atoms with van der Waals surface area (Å²) in [5.74, 6) is 2.16. The lowest BCUT2D eigenvalue weighted by Gasteiger charge is -2.05. The van der Waals surface area contributed by atoms with Gasteiger partial charge in [0, 0.05) is 45.5 Å². The summed E-state index contributed by atoms with van der Waals surface area (Å²) in [6, 6.07) is 14.5. The number of hydrogen-bond acceptors (Lipinski definition) is 4. The normalized spacial score (nSPS) is 11.6. The summed E-state index contributed by atoms with van der Waals surface area (Å²) < 4.78 is 2.47. The van der Waals surface area contributed by atoms with Crippen molar-refractivity contribution in [3.8, 4) is 12.3 Å². The predicted molar refractivity (Wildman–Crippen MR) is 95.7 cm³/mol. The van der Waals surface area contributed by atoms with Gasteiger partial charge in [0.1, 0.15) is 0 Å². The zero-order chi connectivity index (χ0) is 16.2. The Bertz CT molecular complexity index is 947. The number of thiophene rings is 1. The summed E-state index contributed by atoms with van der Waals surface area (Å²) in [4.78, 5) is 15.9. The molecule has 0 aliphatic rings. The van der Waals surface area contributed by atoms with Gasteiger partial charge >= 0.3 is 5.97 Å². The van der Waals surface area contributed by atoms with Crippen molar-refractivity contribution in [1.82, 2.24) is 0 Å². The summed E-state index contributed by atoms with van der Waals surface area (Å²) in [5, 5.41) is 6.38. The van der Waals surface area contributed by atoms with Crippen LogP contribution in [-0.4, -0.2) is 11.7 Å². The number of carbonyl (C=O) groups is 1. The van der Waals surface area contributed by atoms with Crippen molar-refractivity contribution in [2.24, 2.45) is 5.16 Å². The second-order valence-electron chi connectivity index (χ2n) is 5.13. The van der Waals surface area contributed by atoms with Crippen LogP contribution in [0.3, 0.4) is 0 Å². The largest absolute Gasteiger partial charge is 0.331 e. The fraction of sp³-hybridized carbons (Fsp3) is 0.158. The number of fused-ring (bicyclic) bond motifs is 3. The molecule has 2 aromatic carbocycles. The van der Waals surface area contributed by atoms with Crippen LogP contribution >= 0.6 is 11.3 Å². The van der Waals surface area contributed by atoms with Gasteiger partial charge < -0.3 is 4.84 Å².